The highest BCUT2D eigenvalue weighted by Gasteiger charge is 2.40. The average molecular weight is 298 g/mol. The Morgan fingerprint density at radius 2 is 2.15 bits per heavy atom. The molecular formula is C13H16ClN3O3. The van der Waals surface area contributed by atoms with E-state index in [0.717, 1.165) is 25.7 Å². The summed E-state index contributed by atoms with van der Waals surface area (Å²) < 4.78 is 0. The van der Waals surface area contributed by atoms with Gasteiger partial charge in [0.25, 0.3) is 0 Å². The van der Waals surface area contributed by atoms with Gasteiger partial charge in [-0.1, -0.05) is 31.4 Å². The summed E-state index contributed by atoms with van der Waals surface area (Å²) in [5.41, 5.74) is -0.676. The molecule has 1 N–H and O–H groups in total. The molecule has 7 heteroatoms. The number of hydrogen-bond acceptors (Lipinski definition) is 4. The van der Waals surface area contributed by atoms with Crippen molar-refractivity contribution in [3.8, 4) is 0 Å². The molecule has 0 aliphatic heterocycles. The normalized spacial score (nSPS) is 16.9. The molecule has 2 rings (SSSR count). The van der Waals surface area contributed by atoms with Crippen molar-refractivity contribution >= 4 is 29.0 Å². The van der Waals surface area contributed by atoms with Crippen LogP contribution in [0.2, 0.25) is 5.15 Å². The molecule has 1 saturated carbocycles. The number of nitrogens with one attached hydrogen (secondary N) is 1. The predicted molar refractivity (Wildman–Crippen MR) is 75.7 cm³/mol. The summed E-state index contributed by atoms with van der Waals surface area (Å²) >= 11 is 5.75. The summed E-state index contributed by atoms with van der Waals surface area (Å²) in [5, 5.41) is 13.7. The van der Waals surface area contributed by atoms with Gasteiger partial charge in [-0.25, -0.2) is 4.98 Å². The maximum Gasteiger partial charge on any atom is 0.311 e. The smallest absolute Gasteiger partial charge is 0.304 e. The lowest BCUT2D eigenvalue weighted by molar-refractivity contribution is -0.384. The highest BCUT2D eigenvalue weighted by atomic mass is 35.5. The molecule has 1 heterocycles. The molecule has 0 spiro atoms. The molecule has 0 unspecified atom stereocenters. The molecule has 0 saturated heterocycles. The molecule has 1 aliphatic carbocycles. The first-order valence-corrected chi connectivity index (χ1v) is 6.99. The van der Waals surface area contributed by atoms with E-state index in [1.165, 1.54) is 12.1 Å². The Morgan fingerprint density at radius 3 is 2.70 bits per heavy atom. The van der Waals surface area contributed by atoms with Crippen molar-refractivity contribution in [3.63, 3.8) is 0 Å². The minimum absolute atomic E-state index is 0.0766. The highest BCUT2D eigenvalue weighted by molar-refractivity contribution is 6.29. The van der Waals surface area contributed by atoms with E-state index in [1.807, 2.05) is 6.92 Å². The Labute approximate surface area is 121 Å². The molecule has 20 heavy (non-hydrogen) atoms. The van der Waals surface area contributed by atoms with E-state index in [2.05, 4.69) is 10.3 Å². The summed E-state index contributed by atoms with van der Waals surface area (Å²) in [6.45, 7) is 1.96. The number of carbonyl (C=O) groups excluding carboxylic acids is 1. The van der Waals surface area contributed by atoms with Crippen LogP contribution in [-0.2, 0) is 4.79 Å². The van der Waals surface area contributed by atoms with Gasteiger partial charge in [-0.3, -0.25) is 14.9 Å². The molecule has 0 aromatic carbocycles. The number of pyridine rings is 1. The first kappa shape index (κ1) is 14.7. The van der Waals surface area contributed by atoms with E-state index in [4.69, 9.17) is 11.6 Å². The zero-order valence-corrected chi connectivity index (χ0v) is 11.9. The van der Waals surface area contributed by atoms with Crippen LogP contribution in [0.1, 0.15) is 39.0 Å². The number of aromatic nitrogens is 1. The minimum atomic E-state index is -0.577. The van der Waals surface area contributed by atoms with E-state index < -0.39 is 10.3 Å². The van der Waals surface area contributed by atoms with Crippen molar-refractivity contribution in [1.82, 2.24) is 4.98 Å². The molecule has 1 aromatic rings. The molecule has 6 nitrogen and oxygen atoms in total. The first-order valence-electron chi connectivity index (χ1n) is 6.61. The first-order chi connectivity index (χ1) is 9.48. The fourth-order valence-corrected chi connectivity index (χ4v) is 2.85. The largest absolute Gasteiger partial charge is 0.311 e. The fraction of sp³-hybridized carbons (Fsp3) is 0.538. The Morgan fingerprint density at radius 1 is 1.50 bits per heavy atom. The van der Waals surface area contributed by atoms with Gasteiger partial charge in [0, 0.05) is 11.5 Å². The third-order valence-electron chi connectivity index (χ3n) is 3.99. The van der Waals surface area contributed by atoms with Gasteiger partial charge in [-0.15, -0.1) is 0 Å². The van der Waals surface area contributed by atoms with E-state index in [-0.39, 0.29) is 22.6 Å². The van der Waals surface area contributed by atoms with Crippen molar-refractivity contribution in [1.29, 1.82) is 0 Å². The summed E-state index contributed by atoms with van der Waals surface area (Å²) in [6, 6.07) is 2.58. The molecular weight excluding hydrogens is 282 g/mol. The average Bonchev–Trinajstić information content (AvgIpc) is 2.88. The highest BCUT2D eigenvalue weighted by Crippen LogP contribution is 2.42. The number of hydrogen-bond donors (Lipinski definition) is 1. The maximum atomic E-state index is 12.4. The molecule has 1 amide bonds. The van der Waals surface area contributed by atoms with Gasteiger partial charge in [-0.05, 0) is 25.3 Å². The third kappa shape index (κ3) is 2.75. The zero-order valence-electron chi connectivity index (χ0n) is 11.2. The van der Waals surface area contributed by atoms with Crippen LogP contribution in [0.25, 0.3) is 0 Å². The van der Waals surface area contributed by atoms with Crippen LogP contribution in [0.5, 0.6) is 0 Å². The second-order valence-corrected chi connectivity index (χ2v) is 5.44. The van der Waals surface area contributed by atoms with Gasteiger partial charge in [0.05, 0.1) is 4.92 Å². The Hall–Kier alpha value is -1.69. The molecule has 0 bridgehead atoms. The Kier molecular flexibility index (Phi) is 4.23. The van der Waals surface area contributed by atoms with Gasteiger partial charge in [-0.2, -0.15) is 0 Å². The van der Waals surface area contributed by atoms with Gasteiger partial charge in [0.2, 0.25) is 11.7 Å². The van der Waals surface area contributed by atoms with Crippen LogP contribution in [0.4, 0.5) is 11.5 Å². The predicted octanol–water partition coefficient (Wildman–Crippen LogP) is 3.55. The van der Waals surface area contributed by atoms with Crippen molar-refractivity contribution in [2.24, 2.45) is 5.41 Å². The van der Waals surface area contributed by atoms with E-state index in [0.29, 0.717) is 6.42 Å². The van der Waals surface area contributed by atoms with Crippen molar-refractivity contribution in [2.75, 3.05) is 5.32 Å². The summed E-state index contributed by atoms with van der Waals surface area (Å²) in [4.78, 5) is 26.7. The fourth-order valence-electron chi connectivity index (χ4n) is 2.70. The standard InChI is InChI=1S/C13H16ClN3O3/c1-2-13(7-3-4-8-13)12(18)16-11-9(17(19)20)5-6-10(14)15-11/h5-6H,2-4,7-8H2,1H3,(H,15,16,18). The molecule has 1 aromatic heterocycles. The van der Waals surface area contributed by atoms with E-state index in [9.17, 15) is 14.9 Å². The second kappa shape index (κ2) is 5.75. The SMILES string of the molecule is CCC1(C(=O)Nc2nc(Cl)ccc2[N+](=O)[O-])CCCC1. The molecule has 0 radical (unpaired) electrons. The van der Waals surface area contributed by atoms with E-state index >= 15 is 0 Å². The van der Waals surface area contributed by atoms with Gasteiger partial charge in [0.1, 0.15) is 5.15 Å². The molecule has 1 aliphatic rings. The van der Waals surface area contributed by atoms with Crippen LogP contribution in [0, 0.1) is 15.5 Å². The van der Waals surface area contributed by atoms with Crippen LogP contribution in [0.15, 0.2) is 12.1 Å². The lowest BCUT2D eigenvalue weighted by Crippen LogP contribution is -2.33. The number of rotatable bonds is 4. The number of nitrogens with zero attached hydrogens (tertiary/aromatic N) is 2. The summed E-state index contributed by atoms with van der Waals surface area (Å²) in [6.07, 6.45) is 4.35. The van der Waals surface area contributed by atoms with Gasteiger partial charge >= 0.3 is 5.69 Å². The third-order valence-corrected chi connectivity index (χ3v) is 4.20. The molecule has 1 fully saturated rings. The number of anilines is 1. The number of amides is 1. The minimum Gasteiger partial charge on any atom is -0.304 e. The quantitative estimate of drug-likeness (QED) is 0.523. The Bertz CT molecular complexity index is 542. The zero-order chi connectivity index (χ0) is 14.8. The second-order valence-electron chi connectivity index (χ2n) is 5.05. The van der Waals surface area contributed by atoms with Crippen LogP contribution in [0.3, 0.4) is 0 Å². The topological polar surface area (TPSA) is 85.1 Å². The van der Waals surface area contributed by atoms with Crippen LogP contribution >= 0.6 is 11.6 Å². The molecule has 108 valence electrons. The lowest BCUT2D eigenvalue weighted by Gasteiger charge is -2.25. The lowest BCUT2D eigenvalue weighted by atomic mass is 9.82. The van der Waals surface area contributed by atoms with Crippen molar-refractivity contribution in [2.45, 2.75) is 39.0 Å². The number of halogens is 1. The molecule has 0 atom stereocenters. The van der Waals surface area contributed by atoms with Crippen molar-refractivity contribution < 1.29 is 9.72 Å². The van der Waals surface area contributed by atoms with Crippen LogP contribution in [-0.4, -0.2) is 15.8 Å². The van der Waals surface area contributed by atoms with Crippen LogP contribution < -0.4 is 5.32 Å². The van der Waals surface area contributed by atoms with Crippen molar-refractivity contribution in [3.05, 3.63) is 27.4 Å². The summed E-state index contributed by atoms with van der Waals surface area (Å²) in [7, 11) is 0. The monoisotopic (exact) mass is 297 g/mol. The Balaban J connectivity index is 2.27. The van der Waals surface area contributed by atoms with Gasteiger partial charge < -0.3 is 5.32 Å². The number of nitro groups is 1. The number of carbonyl (C=O) groups is 1. The van der Waals surface area contributed by atoms with E-state index in [1.54, 1.807) is 0 Å². The summed E-state index contributed by atoms with van der Waals surface area (Å²) in [5.74, 6) is -0.275. The maximum absolute atomic E-state index is 12.4. The van der Waals surface area contributed by atoms with Gasteiger partial charge in [0.15, 0.2) is 0 Å².